The molecule has 2 aromatic rings. The zero-order valence-electron chi connectivity index (χ0n) is 19.2. The van der Waals surface area contributed by atoms with Crippen LogP contribution in [0.1, 0.15) is 40.3 Å². The van der Waals surface area contributed by atoms with E-state index in [1.54, 1.807) is 18.2 Å². The SMILES string of the molecule is O=C(O)C(F)(F)F.O=C1CCC(N2Cc3cc(-c4nc(C(F)(F)F)n5c4CNCC5)ccc3C2=O)C(=O)N1. The molecule has 0 aliphatic carbocycles. The number of imide groups is 1. The first-order valence-corrected chi connectivity index (χ1v) is 11.1. The third-order valence-corrected chi connectivity index (χ3v) is 6.17. The molecule has 1 saturated heterocycles. The minimum atomic E-state index is -5.08. The number of fused-ring (bicyclic) bond motifs is 2. The van der Waals surface area contributed by atoms with Crippen LogP contribution in [0.5, 0.6) is 0 Å². The molecule has 204 valence electrons. The van der Waals surface area contributed by atoms with Crippen molar-refractivity contribution in [3.8, 4) is 11.3 Å². The molecule has 0 bridgehead atoms. The van der Waals surface area contributed by atoms with Gasteiger partial charge in [-0.05, 0) is 24.1 Å². The number of nitrogens with zero attached hydrogens (tertiary/aromatic N) is 3. The number of rotatable bonds is 2. The predicted molar refractivity (Wildman–Crippen MR) is 114 cm³/mol. The van der Waals surface area contributed by atoms with Gasteiger partial charge in [0.05, 0.1) is 11.4 Å². The van der Waals surface area contributed by atoms with E-state index in [-0.39, 0.29) is 50.0 Å². The lowest BCUT2D eigenvalue weighted by Gasteiger charge is -2.29. The quantitative estimate of drug-likeness (QED) is 0.387. The molecule has 1 aromatic carbocycles. The Morgan fingerprint density at radius 2 is 1.79 bits per heavy atom. The number of amides is 3. The summed E-state index contributed by atoms with van der Waals surface area (Å²) in [6, 6.07) is 4.07. The van der Waals surface area contributed by atoms with Gasteiger partial charge in [-0.25, -0.2) is 9.78 Å². The lowest BCUT2D eigenvalue weighted by atomic mass is 10.0. The number of carbonyl (C=O) groups excluding carboxylic acids is 3. The maximum absolute atomic E-state index is 13.5. The molecule has 3 aliphatic rings. The summed E-state index contributed by atoms with van der Waals surface area (Å²) in [6.07, 6.45) is -9.26. The monoisotopic (exact) mass is 547 g/mol. The molecule has 16 heteroatoms. The van der Waals surface area contributed by atoms with Crippen LogP contribution in [0.2, 0.25) is 0 Å². The van der Waals surface area contributed by atoms with Gasteiger partial charge in [-0.15, -0.1) is 0 Å². The van der Waals surface area contributed by atoms with Gasteiger partial charge in [-0.3, -0.25) is 19.7 Å². The zero-order valence-corrected chi connectivity index (χ0v) is 19.2. The molecule has 3 N–H and O–H groups in total. The number of hydrogen-bond donors (Lipinski definition) is 3. The Labute approximate surface area is 209 Å². The average molecular weight is 547 g/mol. The Morgan fingerprint density at radius 3 is 2.39 bits per heavy atom. The van der Waals surface area contributed by atoms with E-state index < -0.39 is 36.1 Å². The molecular weight excluding hydrogens is 528 g/mol. The molecule has 5 rings (SSSR count). The van der Waals surface area contributed by atoms with Crippen molar-refractivity contribution in [3.05, 3.63) is 40.8 Å². The number of benzene rings is 1. The number of carboxylic acid groups (broad SMARTS) is 1. The highest BCUT2D eigenvalue weighted by atomic mass is 19.4. The van der Waals surface area contributed by atoms with Crippen LogP contribution in [0, 0.1) is 0 Å². The molecule has 10 nitrogen and oxygen atoms in total. The van der Waals surface area contributed by atoms with Crippen molar-refractivity contribution >= 4 is 23.7 Å². The molecule has 0 radical (unpaired) electrons. The number of alkyl halides is 6. The highest BCUT2D eigenvalue weighted by molar-refractivity contribution is 6.05. The van der Waals surface area contributed by atoms with Gasteiger partial charge in [0.15, 0.2) is 0 Å². The van der Waals surface area contributed by atoms with E-state index in [1.807, 2.05) is 0 Å². The molecule has 3 amide bonds. The number of hydrogen-bond acceptors (Lipinski definition) is 6. The van der Waals surface area contributed by atoms with Crippen LogP contribution in [0.25, 0.3) is 11.3 Å². The van der Waals surface area contributed by atoms with E-state index in [0.29, 0.717) is 28.9 Å². The van der Waals surface area contributed by atoms with Crippen LogP contribution in [0.3, 0.4) is 0 Å². The van der Waals surface area contributed by atoms with Crippen molar-refractivity contribution < 1.29 is 50.6 Å². The van der Waals surface area contributed by atoms with Crippen molar-refractivity contribution in [1.82, 2.24) is 25.1 Å². The minimum Gasteiger partial charge on any atom is -0.475 e. The van der Waals surface area contributed by atoms with Crippen LogP contribution in [-0.2, 0) is 40.2 Å². The zero-order chi connectivity index (χ0) is 28.0. The van der Waals surface area contributed by atoms with E-state index in [9.17, 15) is 40.7 Å². The largest absolute Gasteiger partial charge is 0.490 e. The number of aromatic nitrogens is 2. The maximum atomic E-state index is 13.5. The minimum absolute atomic E-state index is 0.148. The third-order valence-electron chi connectivity index (χ3n) is 6.17. The fourth-order valence-corrected chi connectivity index (χ4v) is 4.47. The molecule has 1 aromatic heterocycles. The summed E-state index contributed by atoms with van der Waals surface area (Å²) >= 11 is 0. The molecule has 38 heavy (non-hydrogen) atoms. The summed E-state index contributed by atoms with van der Waals surface area (Å²) in [5, 5.41) is 12.4. The summed E-state index contributed by atoms with van der Waals surface area (Å²) in [7, 11) is 0. The highest BCUT2D eigenvalue weighted by Crippen LogP contribution is 2.36. The van der Waals surface area contributed by atoms with Crippen molar-refractivity contribution in [2.24, 2.45) is 0 Å². The van der Waals surface area contributed by atoms with E-state index >= 15 is 0 Å². The van der Waals surface area contributed by atoms with Crippen LogP contribution in [0.15, 0.2) is 18.2 Å². The van der Waals surface area contributed by atoms with Gasteiger partial charge < -0.3 is 19.9 Å². The summed E-state index contributed by atoms with van der Waals surface area (Å²) in [4.78, 5) is 50.6. The molecule has 1 atom stereocenters. The van der Waals surface area contributed by atoms with Crippen molar-refractivity contribution in [2.75, 3.05) is 6.54 Å². The fraction of sp³-hybridized carbons (Fsp3) is 0.409. The van der Waals surface area contributed by atoms with Gasteiger partial charge in [-0.1, -0.05) is 6.07 Å². The van der Waals surface area contributed by atoms with Gasteiger partial charge >= 0.3 is 18.3 Å². The molecule has 4 heterocycles. The number of imidazole rings is 1. The van der Waals surface area contributed by atoms with Crippen molar-refractivity contribution in [1.29, 1.82) is 0 Å². The molecule has 0 spiro atoms. The van der Waals surface area contributed by atoms with Crippen molar-refractivity contribution in [2.45, 2.75) is 50.9 Å². The lowest BCUT2D eigenvalue weighted by molar-refractivity contribution is -0.192. The number of carbonyl (C=O) groups is 4. The number of aliphatic carboxylic acids is 1. The van der Waals surface area contributed by atoms with E-state index in [2.05, 4.69) is 15.6 Å². The van der Waals surface area contributed by atoms with E-state index in [1.165, 1.54) is 9.47 Å². The highest BCUT2D eigenvalue weighted by Gasteiger charge is 2.41. The first-order valence-electron chi connectivity index (χ1n) is 11.1. The number of halogens is 6. The van der Waals surface area contributed by atoms with E-state index in [0.717, 1.165) is 0 Å². The number of nitrogens with one attached hydrogen (secondary N) is 2. The Balaban J connectivity index is 0.000000426. The Kier molecular flexibility index (Phi) is 6.94. The second-order valence-electron chi connectivity index (χ2n) is 8.63. The van der Waals surface area contributed by atoms with Gasteiger partial charge in [0.2, 0.25) is 17.6 Å². The second kappa shape index (κ2) is 9.74. The predicted octanol–water partition coefficient (Wildman–Crippen LogP) is 2.07. The lowest BCUT2D eigenvalue weighted by Crippen LogP contribution is -2.52. The number of carboxylic acids is 1. The standard InChI is InChI=1S/C20H18F3N5O3.C2HF3O2/c21-20(22,23)19-26-16(14-8-24-5-6-27(14)19)10-1-2-12-11(7-10)9-28(18(12)31)13-3-4-15(29)25-17(13)30;3-2(4,5)1(6)7/h1-2,7,13,24H,3-6,8-9H2,(H,25,29,30);(H,6,7). The fourth-order valence-electron chi connectivity index (χ4n) is 4.47. The van der Waals surface area contributed by atoms with Gasteiger partial charge in [0, 0.05) is 43.7 Å². The number of piperidine rings is 1. The average Bonchev–Trinajstić information content (AvgIpc) is 3.37. The maximum Gasteiger partial charge on any atom is 0.490 e. The Morgan fingerprint density at radius 1 is 1.11 bits per heavy atom. The van der Waals surface area contributed by atoms with Crippen molar-refractivity contribution in [3.63, 3.8) is 0 Å². The van der Waals surface area contributed by atoms with Crippen LogP contribution >= 0.6 is 0 Å². The smallest absolute Gasteiger partial charge is 0.475 e. The summed E-state index contributed by atoms with van der Waals surface area (Å²) in [5.74, 6) is -4.90. The second-order valence-corrected chi connectivity index (χ2v) is 8.63. The van der Waals surface area contributed by atoms with Crippen LogP contribution < -0.4 is 10.6 Å². The normalized spacial score (nSPS) is 19.4. The Hall–Kier alpha value is -3.95. The van der Waals surface area contributed by atoms with Gasteiger partial charge in [-0.2, -0.15) is 26.3 Å². The van der Waals surface area contributed by atoms with Gasteiger partial charge in [0.25, 0.3) is 5.91 Å². The molecule has 1 fully saturated rings. The topological polar surface area (TPSA) is 134 Å². The molecule has 3 aliphatic heterocycles. The molecule has 0 saturated carbocycles. The molecule has 1 unspecified atom stereocenters. The van der Waals surface area contributed by atoms with Crippen LogP contribution in [0.4, 0.5) is 26.3 Å². The van der Waals surface area contributed by atoms with E-state index in [4.69, 9.17) is 9.90 Å². The molecular formula is C22H19F6N5O5. The summed E-state index contributed by atoms with van der Waals surface area (Å²) in [6.45, 7) is 1.00. The summed E-state index contributed by atoms with van der Waals surface area (Å²) in [5.41, 5.74) is 2.18. The van der Waals surface area contributed by atoms with Gasteiger partial charge in [0.1, 0.15) is 6.04 Å². The first-order chi connectivity index (χ1) is 17.7. The van der Waals surface area contributed by atoms with Crippen LogP contribution in [-0.4, -0.2) is 62.0 Å². The third kappa shape index (κ3) is 5.20. The first kappa shape index (κ1) is 27.1. The summed E-state index contributed by atoms with van der Waals surface area (Å²) < 4.78 is 73.4. The Bertz CT molecular complexity index is 1320.